The highest BCUT2D eigenvalue weighted by Crippen LogP contribution is 2.24. The van der Waals surface area contributed by atoms with Gasteiger partial charge in [0.2, 0.25) is 0 Å². The molecule has 0 unspecified atom stereocenters. The standard InChI is InChI=1S/C14H11F3INO/c15-14(16,17)13(20)19-8-7-11-10-4-2-1-3-9(10)5-6-12(11)18/h1-6H,7-8H2,(H,19,20). The van der Waals surface area contributed by atoms with Crippen LogP contribution in [0.1, 0.15) is 5.56 Å². The molecule has 1 N–H and O–H groups in total. The number of nitrogens with one attached hydrogen (secondary N) is 1. The fraction of sp³-hybridized carbons (Fsp3) is 0.214. The smallest absolute Gasteiger partial charge is 0.348 e. The lowest BCUT2D eigenvalue weighted by Crippen LogP contribution is -2.37. The zero-order chi connectivity index (χ0) is 14.8. The van der Waals surface area contributed by atoms with E-state index in [1.54, 1.807) is 0 Å². The Morgan fingerprint density at radius 3 is 2.55 bits per heavy atom. The number of halogens is 4. The SMILES string of the molecule is O=C(NCCc1c(I)ccc2ccccc12)C(F)(F)F. The minimum absolute atomic E-state index is 0.0393. The van der Waals surface area contributed by atoms with E-state index < -0.39 is 12.1 Å². The second-order valence-corrected chi connectivity index (χ2v) is 5.41. The average Bonchev–Trinajstić information content (AvgIpc) is 2.40. The molecular formula is C14H11F3INO. The number of alkyl halides is 3. The molecule has 0 radical (unpaired) electrons. The molecule has 0 atom stereocenters. The molecule has 1 amide bonds. The molecule has 0 aliphatic carbocycles. The van der Waals surface area contributed by atoms with E-state index >= 15 is 0 Å². The van der Waals surface area contributed by atoms with Crippen molar-refractivity contribution in [2.45, 2.75) is 12.6 Å². The van der Waals surface area contributed by atoms with Crippen molar-refractivity contribution in [2.75, 3.05) is 6.54 Å². The van der Waals surface area contributed by atoms with Crippen LogP contribution in [0.2, 0.25) is 0 Å². The van der Waals surface area contributed by atoms with E-state index in [-0.39, 0.29) is 6.54 Å². The topological polar surface area (TPSA) is 29.1 Å². The van der Waals surface area contributed by atoms with E-state index in [0.717, 1.165) is 19.9 Å². The van der Waals surface area contributed by atoms with Gasteiger partial charge in [-0.15, -0.1) is 0 Å². The Balaban J connectivity index is 2.14. The van der Waals surface area contributed by atoms with Gasteiger partial charge in [0.15, 0.2) is 0 Å². The first-order chi connectivity index (χ1) is 9.39. The number of fused-ring (bicyclic) bond motifs is 1. The summed E-state index contributed by atoms with van der Waals surface area (Å²) in [7, 11) is 0. The van der Waals surface area contributed by atoms with Gasteiger partial charge in [0.05, 0.1) is 0 Å². The summed E-state index contributed by atoms with van der Waals surface area (Å²) >= 11 is 2.15. The van der Waals surface area contributed by atoms with Crippen LogP contribution in [0.25, 0.3) is 10.8 Å². The van der Waals surface area contributed by atoms with Gasteiger partial charge in [-0.05, 0) is 51.4 Å². The molecule has 0 heterocycles. The average molecular weight is 393 g/mol. The highest BCUT2D eigenvalue weighted by molar-refractivity contribution is 14.1. The van der Waals surface area contributed by atoms with Crippen LogP contribution in [-0.2, 0) is 11.2 Å². The van der Waals surface area contributed by atoms with Crippen LogP contribution in [-0.4, -0.2) is 18.6 Å². The second kappa shape index (κ2) is 5.99. The third-order valence-electron chi connectivity index (χ3n) is 2.90. The number of hydrogen-bond acceptors (Lipinski definition) is 1. The number of carbonyl (C=O) groups is 1. The van der Waals surface area contributed by atoms with Gasteiger partial charge in [-0.25, -0.2) is 0 Å². The maximum absolute atomic E-state index is 12.1. The number of benzene rings is 2. The molecule has 6 heteroatoms. The fourth-order valence-electron chi connectivity index (χ4n) is 1.96. The van der Waals surface area contributed by atoms with Gasteiger partial charge in [-0.1, -0.05) is 30.3 Å². The number of hydrogen-bond donors (Lipinski definition) is 1. The Bertz CT molecular complexity index is 640. The van der Waals surface area contributed by atoms with E-state index in [1.807, 2.05) is 41.7 Å². The molecule has 20 heavy (non-hydrogen) atoms. The van der Waals surface area contributed by atoms with Crippen LogP contribution in [0.4, 0.5) is 13.2 Å². The molecular weight excluding hydrogens is 382 g/mol. The monoisotopic (exact) mass is 393 g/mol. The third kappa shape index (κ3) is 3.41. The molecule has 0 aliphatic heterocycles. The normalized spacial score (nSPS) is 11.6. The first kappa shape index (κ1) is 15.1. The maximum Gasteiger partial charge on any atom is 0.471 e. The predicted molar refractivity (Wildman–Crippen MR) is 79.4 cm³/mol. The van der Waals surface area contributed by atoms with Crippen molar-refractivity contribution in [1.29, 1.82) is 0 Å². The minimum atomic E-state index is -4.83. The molecule has 2 aromatic rings. The van der Waals surface area contributed by atoms with E-state index in [0.29, 0.717) is 6.42 Å². The van der Waals surface area contributed by atoms with Gasteiger partial charge in [0, 0.05) is 10.1 Å². The Hall–Kier alpha value is -1.31. The predicted octanol–water partition coefficient (Wildman–Crippen LogP) is 3.67. The summed E-state index contributed by atoms with van der Waals surface area (Å²) in [4.78, 5) is 10.8. The van der Waals surface area contributed by atoms with E-state index in [1.165, 1.54) is 0 Å². The molecule has 2 nitrogen and oxygen atoms in total. The highest BCUT2D eigenvalue weighted by Gasteiger charge is 2.38. The van der Waals surface area contributed by atoms with Gasteiger partial charge < -0.3 is 5.32 Å². The van der Waals surface area contributed by atoms with Crippen molar-refractivity contribution in [3.8, 4) is 0 Å². The highest BCUT2D eigenvalue weighted by atomic mass is 127. The Labute approximate surface area is 127 Å². The molecule has 0 saturated carbocycles. The summed E-state index contributed by atoms with van der Waals surface area (Å²) in [6, 6.07) is 11.6. The van der Waals surface area contributed by atoms with Crippen molar-refractivity contribution in [3.05, 3.63) is 45.5 Å². The number of amides is 1. The second-order valence-electron chi connectivity index (χ2n) is 4.25. The van der Waals surface area contributed by atoms with Gasteiger partial charge in [-0.2, -0.15) is 13.2 Å². The fourth-order valence-corrected chi connectivity index (χ4v) is 2.70. The van der Waals surface area contributed by atoms with Crippen molar-refractivity contribution in [1.82, 2.24) is 5.32 Å². The lowest BCUT2D eigenvalue weighted by atomic mass is 10.0. The molecule has 0 aromatic heterocycles. The quantitative estimate of drug-likeness (QED) is 0.793. The Kier molecular flexibility index (Phi) is 4.52. The minimum Gasteiger partial charge on any atom is -0.348 e. The zero-order valence-corrected chi connectivity index (χ0v) is 12.5. The molecule has 2 rings (SSSR count). The van der Waals surface area contributed by atoms with E-state index in [4.69, 9.17) is 0 Å². The lowest BCUT2D eigenvalue weighted by Gasteiger charge is -2.11. The molecule has 0 bridgehead atoms. The van der Waals surface area contributed by atoms with E-state index in [9.17, 15) is 18.0 Å². The van der Waals surface area contributed by atoms with Crippen LogP contribution >= 0.6 is 22.6 Å². The molecule has 2 aromatic carbocycles. The Morgan fingerprint density at radius 1 is 1.15 bits per heavy atom. The van der Waals surface area contributed by atoms with Crippen molar-refractivity contribution >= 4 is 39.3 Å². The van der Waals surface area contributed by atoms with Crippen molar-refractivity contribution < 1.29 is 18.0 Å². The van der Waals surface area contributed by atoms with Gasteiger partial charge in [-0.3, -0.25) is 4.79 Å². The molecule has 0 fully saturated rings. The number of carbonyl (C=O) groups excluding carboxylic acids is 1. The Morgan fingerprint density at radius 2 is 1.85 bits per heavy atom. The molecule has 106 valence electrons. The van der Waals surface area contributed by atoms with Crippen LogP contribution in [0.3, 0.4) is 0 Å². The van der Waals surface area contributed by atoms with Crippen LogP contribution in [0, 0.1) is 3.57 Å². The lowest BCUT2D eigenvalue weighted by molar-refractivity contribution is -0.173. The summed E-state index contributed by atoms with van der Waals surface area (Å²) in [5.74, 6) is -1.90. The van der Waals surface area contributed by atoms with Crippen LogP contribution < -0.4 is 5.32 Å². The van der Waals surface area contributed by atoms with Gasteiger partial charge in [0.25, 0.3) is 0 Å². The summed E-state index contributed by atoms with van der Waals surface area (Å²) in [6.07, 6.45) is -4.46. The van der Waals surface area contributed by atoms with E-state index in [2.05, 4.69) is 22.6 Å². The van der Waals surface area contributed by atoms with Gasteiger partial charge in [0.1, 0.15) is 0 Å². The van der Waals surface area contributed by atoms with Crippen molar-refractivity contribution in [2.24, 2.45) is 0 Å². The largest absolute Gasteiger partial charge is 0.471 e. The summed E-state index contributed by atoms with van der Waals surface area (Å²) in [6.45, 7) is -0.0393. The van der Waals surface area contributed by atoms with Crippen LogP contribution in [0.5, 0.6) is 0 Å². The number of rotatable bonds is 3. The first-order valence-electron chi connectivity index (χ1n) is 5.91. The summed E-state index contributed by atoms with van der Waals surface area (Å²) in [5.41, 5.74) is 0.950. The first-order valence-corrected chi connectivity index (χ1v) is 6.98. The molecule has 0 saturated heterocycles. The maximum atomic E-state index is 12.1. The summed E-state index contributed by atoms with van der Waals surface area (Å²) < 4.78 is 37.3. The van der Waals surface area contributed by atoms with Gasteiger partial charge >= 0.3 is 12.1 Å². The summed E-state index contributed by atoms with van der Waals surface area (Å²) in [5, 5.41) is 3.93. The molecule has 0 aliphatic rings. The third-order valence-corrected chi connectivity index (χ3v) is 3.91. The van der Waals surface area contributed by atoms with Crippen molar-refractivity contribution in [3.63, 3.8) is 0 Å². The van der Waals surface area contributed by atoms with Crippen LogP contribution in [0.15, 0.2) is 36.4 Å². The zero-order valence-electron chi connectivity index (χ0n) is 10.3. The molecule has 0 spiro atoms.